The van der Waals surface area contributed by atoms with Gasteiger partial charge in [-0.2, -0.15) is 0 Å². The lowest BCUT2D eigenvalue weighted by Gasteiger charge is -2.30. The molecule has 1 aliphatic carbocycles. The standard InChI is InChI=1S/C18H19N3O/c22-18(20-15-5-6-15)17-8-7-16(11-19-17)21-10-9-13-3-1-2-4-14(13)12-21/h1-4,7-8,11,15H,5-6,9-10,12H2,(H,20,22). The number of anilines is 1. The van der Waals surface area contributed by atoms with Crippen molar-refractivity contribution in [1.29, 1.82) is 0 Å². The molecule has 0 saturated heterocycles. The van der Waals surface area contributed by atoms with Gasteiger partial charge >= 0.3 is 0 Å². The first-order valence-electron chi connectivity index (χ1n) is 7.88. The number of benzene rings is 1. The Kier molecular flexibility index (Phi) is 3.29. The summed E-state index contributed by atoms with van der Waals surface area (Å²) in [6, 6.07) is 12.8. The first kappa shape index (κ1) is 13.3. The van der Waals surface area contributed by atoms with Crippen molar-refractivity contribution in [1.82, 2.24) is 10.3 Å². The molecule has 1 aromatic heterocycles. The number of carbonyl (C=O) groups excluding carboxylic acids is 1. The Bertz CT molecular complexity index is 692. The summed E-state index contributed by atoms with van der Waals surface area (Å²) in [5, 5.41) is 2.97. The van der Waals surface area contributed by atoms with Crippen molar-refractivity contribution in [3.8, 4) is 0 Å². The summed E-state index contributed by atoms with van der Waals surface area (Å²) in [6.45, 7) is 1.90. The minimum atomic E-state index is -0.0574. The quantitative estimate of drug-likeness (QED) is 0.946. The molecule has 1 aromatic carbocycles. The highest BCUT2D eigenvalue weighted by Gasteiger charge is 2.24. The molecule has 0 atom stereocenters. The molecular formula is C18H19N3O. The van der Waals surface area contributed by atoms with E-state index in [2.05, 4.69) is 39.5 Å². The third kappa shape index (κ3) is 2.69. The van der Waals surface area contributed by atoms with E-state index in [4.69, 9.17) is 0 Å². The van der Waals surface area contributed by atoms with Crippen LogP contribution >= 0.6 is 0 Å². The second kappa shape index (κ2) is 5.44. The molecule has 112 valence electrons. The Morgan fingerprint density at radius 3 is 2.68 bits per heavy atom. The number of nitrogens with one attached hydrogen (secondary N) is 1. The molecule has 0 bridgehead atoms. The maximum atomic E-state index is 12.0. The van der Waals surface area contributed by atoms with Gasteiger partial charge < -0.3 is 10.2 Å². The average Bonchev–Trinajstić information content (AvgIpc) is 3.38. The maximum Gasteiger partial charge on any atom is 0.270 e. The lowest BCUT2D eigenvalue weighted by atomic mass is 10.00. The molecule has 4 nitrogen and oxygen atoms in total. The monoisotopic (exact) mass is 293 g/mol. The Morgan fingerprint density at radius 2 is 1.95 bits per heavy atom. The molecule has 4 heteroatoms. The van der Waals surface area contributed by atoms with Crippen LogP contribution in [0.15, 0.2) is 42.6 Å². The van der Waals surface area contributed by atoms with Gasteiger partial charge in [-0.05, 0) is 42.5 Å². The zero-order valence-corrected chi connectivity index (χ0v) is 12.5. The maximum absolute atomic E-state index is 12.0. The van der Waals surface area contributed by atoms with Crippen molar-refractivity contribution in [2.45, 2.75) is 31.8 Å². The van der Waals surface area contributed by atoms with E-state index in [-0.39, 0.29) is 5.91 Å². The lowest BCUT2D eigenvalue weighted by Crippen LogP contribution is -2.30. The fourth-order valence-corrected chi connectivity index (χ4v) is 2.91. The van der Waals surface area contributed by atoms with Crippen molar-refractivity contribution in [3.63, 3.8) is 0 Å². The van der Waals surface area contributed by atoms with Gasteiger partial charge in [0.1, 0.15) is 5.69 Å². The van der Waals surface area contributed by atoms with E-state index in [9.17, 15) is 4.79 Å². The number of fused-ring (bicyclic) bond motifs is 1. The largest absolute Gasteiger partial charge is 0.366 e. The summed E-state index contributed by atoms with van der Waals surface area (Å²) in [6.07, 6.45) is 5.06. The zero-order valence-electron chi connectivity index (χ0n) is 12.5. The van der Waals surface area contributed by atoms with Gasteiger partial charge in [-0.25, -0.2) is 4.98 Å². The number of carbonyl (C=O) groups is 1. The summed E-state index contributed by atoms with van der Waals surface area (Å²) >= 11 is 0. The van der Waals surface area contributed by atoms with E-state index in [1.165, 1.54) is 11.1 Å². The first-order chi connectivity index (χ1) is 10.8. The highest BCUT2D eigenvalue weighted by atomic mass is 16.2. The number of pyridine rings is 1. The Labute approximate surface area is 130 Å². The number of nitrogens with zero attached hydrogens (tertiary/aromatic N) is 2. The van der Waals surface area contributed by atoms with E-state index < -0.39 is 0 Å². The van der Waals surface area contributed by atoms with E-state index in [0.717, 1.165) is 38.0 Å². The molecular weight excluding hydrogens is 274 g/mol. The summed E-state index contributed by atoms with van der Waals surface area (Å²) in [5.41, 5.74) is 4.40. The van der Waals surface area contributed by atoms with Crippen LogP contribution in [0.1, 0.15) is 34.5 Å². The second-order valence-corrected chi connectivity index (χ2v) is 6.09. The molecule has 1 saturated carbocycles. The van der Waals surface area contributed by atoms with Crippen LogP contribution in [-0.4, -0.2) is 23.5 Å². The molecule has 0 radical (unpaired) electrons. The van der Waals surface area contributed by atoms with E-state index >= 15 is 0 Å². The fraction of sp³-hybridized carbons (Fsp3) is 0.333. The third-order valence-electron chi connectivity index (χ3n) is 4.39. The van der Waals surface area contributed by atoms with Gasteiger partial charge in [0.25, 0.3) is 5.91 Å². The van der Waals surface area contributed by atoms with Crippen molar-refractivity contribution < 1.29 is 4.79 Å². The van der Waals surface area contributed by atoms with Crippen LogP contribution in [-0.2, 0) is 13.0 Å². The molecule has 22 heavy (non-hydrogen) atoms. The van der Waals surface area contributed by atoms with Crippen LogP contribution in [0, 0.1) is 0 Å². The molecule has 2 aliphatic rings. The van der Waals surface area contributed by atoms with Gasteiger partial charge in [0.2, 0.25) is 0 Å². The van der Waals surface area contributed by atoms with Gasteiger partial charge in [0, 0.05) is 19.1 Å². The van der Waals surface area contributed by atoms with Crippen LogP contribution in [0.2, 0.25) is 0 Å². The molecule has 2 aromatic rings. The smallest absolute Gasteiger partial charge is 0.270 e. The molecule has 0 unspecified atom stereocenters. The Hall–Kier alpha value is -2.36. The SMILES string of the molecule is O=C(NC1CC1)c1ccc(N2CCc3ccccc3C2)cn1. The number of rotatable bonds is 3. The molecule has 1 amide bonds. The van der Waals surface area contributed by atoms with Crippen LogP contribution in [0.5, 0.6) is 0 Å². The highest BCUT2D eigenvalue weighted by Crippen LogP contribution is 2.24. The van der Waals surface area contributed by atoms with Gasteiger partial charge in [0.15, 0.2) is 0 Å². The van der Waals surface area contributed by atoms with E-state index in [1.807, 2.05) is 18.3 Å². The van der Waals surface area contributed by atoms with E-state index in [0.29, 0.717) is 11.7 Å². The molecule has 4 rings (SSSR count). The Morgan fingerprint density at radius 1 is 1.14 bits per heavy atom. The molecule has 0 spiro atoms. The first-order valence-corrected chi connectivity index (χ1v) is 7.88. The number of hydrogen-bond acceptors (Lipinski definition) is 3. The molecule has 2 heterocycles. The Balaban J connectivity index is 1.48. The lowest BCUT2D eigenvalue weighted by molar-refractivity contribution is 0.0946. The zero-order chi connectivity index (χ0) is 14.9. The van der Waals surface area contributed by atoms with Crippen LogP contribution < -0.4 is 10.2 Å². The van der Waals surface area contributed by atoms with Crippen LogP contribution in [0.3, 0.4) is 0 Å². The molecule has 1 aliphatic heterocycles. The van der Waals surface area contributed by atoms with Crippen molar-refractivity contribution in [2.24, 2.45) is 0 Å². The predicted octanol–water partition coefficient (Wildman–Crippen LogP) is 2.54. The average molecular weight is 293 g/mol. The normalized spacial score (nSPS) is 17.0. The van der Waals surface area contributed by atoms with Gasteiger partial charge in [-0.3, -0.25) is 4.79 Å². The van der Waals surface area contributed by atoms with Gasteiger partial charge in [0.05, 0.1) is 11.9 Å². The fourth-order valence-electron chi connectivity index (χ4n) is 2.91. The van der Waals surface area contributed by atoms with Crippen molar-refractivity contribution >= 4 is 11.6 Å². The van der Waals surface area contributed by atoms with Gasteiger partial charge in [-0.15, -0.1) is 0 Å². The molecule has 1 fully saturated rings. The summed E-state index contributed by atoms with van der Waals surface area (Å²) in [4.78, 5) is 18.6. The highest BCUT2D eigenvalue weighted by molar-refractivity contribution is 5.92. The summed E-state index contributed by atoms with van der Waals surface area (Å²) in [5.74, 6) is -0.0574. The van der Waals surface area contributed by atoms with Crippen LogP contribution in [0.4, 0.5) is 5.69 Å². The second-order valence-electron chi connectivity index (χ2n) is 6.09. The minimum absolute atomic E-state index is 0.0574. The van der Waals surface area contributed by atoms with E-state index in [1.54, 1.807) is 0 Å². The summed E-state index contributed by atoms with van der Waals surface area (Å²) in [7, 11) is 0. The summed E-state index contributed by atoms with van der Waals surface area (Å²) < 4.78 is 0. The minimum Gasteiger partial charge on any atom is -0.366 e. The number of hydrogen-bond donors (Lipinski definition) is 1. The van der Waals surface area contributed by atoms with Gasteiger partial charge in [-0.1, -0.05) is 24.3 Å². The number of aromatic nitrogens is 1. The van der Waals surface area contributed by atoms with Crippen molar-refractivity contribution in [2.75, 3.05) is 11.4 Å². The third-order valence-corrected chi connectivity index (χ3v) is 4.39. The van der Waals surface area contributed by atoms with Crippen LogP contribution in [0.25, 0.3) is 0 Å². The number of amides is 1. The topological polar surface area (TPSA) is 45.2 Å². The molecule has 1 N–H and O–H groups in total. The predicted molar refractivity (Wildman–Crippen MR) is 85.9 cm³/mol. The van der Waals surface area contributed by atoms with Crippen molar-refractivity contribution in [3.05, 3.63) is 59.4 Å².